The molecule has 1 heterocycles. The smallest absolute Gasteiger partial charge is 0.0813 e. The van der Waals surface area contributed by atoms with Crippen LogP contribution >= 0.6 is 15.9 Å². The first-order valence-electron chi connectivity index (χ1n) is 7.97. The van der Waals surface area contributed by atoms with Crippen LogP contribution in [-0.4, -0.2) is 54.2 Å². The maximum Gasteiger partial charge on any atom is 0.0813 e. The summed E-state index contributed by atoms with van der Waals surface area (Å²) in [6, 6.07) is 8.61. The molecule has 1 unspecified atom stereocenters. The molecule has 118 valence electrons. The highest BCUT2D eigenvalue weighted by Gasteiger charge is 2.22. The number of piperidine rings is 1. The summed E-state index contributed by atoms with van der Waals surface area (Å²) >= 11 is 3.52. The summed E-state index contributed by atoms with van der Waals surface area (Å²) in [5.74, 6) is 0. The Hall–Kier alpha value is -0.420. The summed E-state index contributed by atoms with van der Waals surface area (Å²) in [4.78, 5) is 4.94. The number of aliphatic hydroxyl groups is 1. The van der Waals surface area contributed by atoms with E-state index >= 15 is 0 Å². The predicted molar refractivity (Wildman–Crippen MR) is 91.5 cm³/mol. The molecule has 0 bridgehead atoms. The van der Waals surface area contributed by atoms with Crippen molar-refractivity contribution in [3.05, 3.63) is 34.3 Å². The standard InChI is InChI=1S/C17H27BrN2O/c1-3-20-12-8-14(9-13-20)19(2)11-10-17(21)15-6-4-5-7-16(15)18/h4-7,14,17,21H,3,8-13H2,1-2H3. The van der Waals surface area contributed by atoms with Crippen LogP contribution in [0.5, 0.6) is 0 Å². The van der Waals surface area contributed by atoms with Crippen molar-refractivity contribution in [1.82, 2.24) is 9.80 Å². The average molecular weight is 355 g/mol. The molecule has 0 spiro atoms. The van der Waals surface area contributed by atoms with Crippen molar-refractivity contribution in [2.75, 3.05) is 33.2 Å². The number of hydrogen-bond acceptors (Lipinski definition) is 3. The number of nitrogens with zero attached hydrogens (tertiary/aromatic N) is 2. The normalized spacial score (nSPS) is 19.1. The fourth-order valence-corrected chi connectivity index (χ4v) is 3.63. The van der Waals surface area contributed by atoms with Gasteiger partial charge in [0, 0.05) is 17.1 Å². The van der Waals surface area contributed by atoms with E-state index in [1.165, 1.54) is 25.9 Å². The Balaban J connectivity index is 1.79. The first kappa shape index (κ1) is 16.9. The van der Waals surface area contributed by atoms with Crippen molar-refractivity contribution in [3.8, 4) is 0 Å². The molecule has 1 saturated heterocycles. The first-order chi connectivity index (χ1) is 10.1. The van der Waals surface area contributed by atoms with Crippen molar-refractivity contribution in [1.29, 1.82) is 0 Å². The summed E-state index contributed by atoms with van der Waals surface area (Å²) in [5.41, 5.74) is 0.992. The zero-order valence-electron chi connectivity index (χ0n) is 13.1. The van der Waals surface area contributed by atoms with E-state index in [-0.39, 0.29) is 0 Å². The molecule has 1 atom stereocenters. The van der Waals surface area contributed by atoms with Gasteiger partial charge >= 0.3 is 0 Å². The van der Waals surface area contributed by atoms with Gasteiger partial charge in [-0.25, -0.2) is 0 Å². The first-order valence-corrected chi connectivity index (χ1v) is 8.76. The molecule has 1 fully saturated rings. The zero-order valence-corrected chi connectivity index (χ0v) is 14.7. The third-order valence-electron chi connectivity index (χ3n) is 4.65. The molecule has 21 heavy (non-hydrogen) atoms. The summed E-state index contributed by atoms with van der Waals surface area (Å²) in [6.07, 6.45) is 2.89. The molecule has 4 heteroatoms. The van der Waals surface area contributed by atoms with Crippen LogP contribution in [0.2, 0.25) is 0 Å². The molecule has 1 aromatic carbocycles. The molecule has 3 nitrogen and oxygen atoms in total. The van der Waals surface area contributed by atoms with E-state index in [9.17, 15) is 5.11 Å². The van der Waals surface area contributed by atoms with Crippen molar-refractivity contribution >= 4 is 15.9 Å². The summed E-state index contributed by atoms with van der Waals surface area (Å²) in [7, 11) is 2.19. The van der Waals surface area contributed by atoms with Crippen LogP contribution in [0.25, 0.3) is 0 Å². The van der Waals surface area contributed by atoms with E-state index in [0.29, 0.717) is 6.04 Å². The van der Waals surface area contributed by atoms with Gasteiger partial charge in [0.15, 0.2) is 0 Å². The molecule has 0 saturated carbocycles. The second-order valence-corrected chi connectivity index (χ2v) is 6.83. The van der Waals surface area contributed by atoms with Gasteiger partial charge in [0.05, 0.1) is 6.10 Å². The minimum absolute atomic E-state index is 0.390. The third-order valence-corrected chi connectivity index (χ3v) is 5.37. The minimum atomic E-state index is -0.390. The van der Waals surface area contributed by atoms with Crippen LogP contribution in [0.15, 0.2) is 28.7 Å². The Bertz CT molecular complexity index is 433. The lowest BCUT2D eigenvalue weighted by molar-refractivity contribution is 0.104. The van der Waals surface area contributed by atoms with Gasteiger partial charge in [0.1, 0.15) is 0 Å². The monoisotopic (exact) mass is 354 g/mol. The van der Waals surface area contributed by atoms with Gasteiger partial charge in [0.2, 0.25) is 0 Å². The molecular formula is C17H27BrN2O. The molecule has 0 amide bonds. The van der Waals surface area contributed by atoms with E-state index in [4.69, 9.17) is 0 Å². The summed E-state index contributed by atoms with van der Waals surface area (Å²) in [6.45, 7) is 6.76. The Labute approximate surface area is 137 Å². The predicted octanol–water partition coefficient (Wildman–Crippen LogP) is 3.29. The zero-order chi connectivity index (χ0) is 15.2. The second kappa shape index (κ2) is 8.28. The highest BCUT2D eigenvalue weighted by atomic mass is 79.9. The molecule has 1 aromatic rings. The molecule has 0 aliphatic carbocycles. The van der Waals surface area contributed by atoms with E-state index in [0.717, 1.165) is 29.5 Å². The van der Waals surface area contributed by atoms with Gasteiger partial charge in [-0.2, -0.15) is 0 Å². The van der Waals surface area contributed by atoms with Crippen LogP contribution in [-0.2, 0) is 0 Å². The molecular weight excluding hydrogens is 328 g/mol. The Morgan fingerprint density at radius 3 is 2.62 bits per heavy atom. The fourth-order valence-electron chi connectivity index (χ4n) is 3.09. The topological polar surface area (TPSA) is 26.7 Å². The third kappa shape index (κ3) is 4.78. The summed E-state index contributed by atoms with van der Waals surface area (Å²) in [5, 5.41) is 10.4. The van der Waals surface area contributed by atoms with Crippen LogP contribution < -0.4 is 0 Å². The fraction of sp³-hybridized carbons (Fsp3) is 0.647. The van der Waals surface area contributed by atoms with Crippen LogP contribution in [0.1, 0.15) is 37.9 Å². The number of halogens is 1. The largest absolute Gasteiger partial charge is 0.388 e. The summed E-state index contributed by atoms with van der Waals surface area (Å²) < 4.78 is 0.997. The maximum atomic E-state index is 10.4. The van der Waals surface area contributed by atoms with Gasteiger partial charge in [-0.15, -0.1) is 0 Å². The molecule has 1 aliphatic heterocycles. The van der Waals surface area contributed by atoms with E-state index in [1.54, 1.807) is 0 Å². The van der Waals surface area contributed by atoms with Gasteiger partial charge in [-0.05, 0) is 57.6 Å². The Kier molecular flexibility index (Phi) is 6.68. The van der Waals surface area contributed by atoms with Gasteiger partial charge < -0.3 is 14.9 Å². The lowest BCUT2D eigenvalue weighted by atomic mass is 10.0. The SMILES string of the molecule is CCN1CCC(N(C)CCC(O)c2ccccc2Br)CC1. The molecule has 1 N–H and O–H groups in total. The minimum Gasteiger partial charge on any atom is -0.388 e. The number of hydrogen-bond donors (Lipinski definition) is 1. The van der Waals surface area contributed by atoms with E-state index in [1.807, 2.05) is 24.3 Å². The number of benzene rings is 1. The number of rotatable bonds is 6. The molecule has 0 aromatic heterocycles. The molecule has 1 aliphatic rings. The number of likely N-dealkylation sites (tertiary alicyclic amines) is 1. The van der Waals surface area contributed by atoms with Gasteiger partial charge in [-0.3, -0.25) is 0 Å². The lowest BCUT2D eigenvalue weighted by Crippen LogP contribution is -2.43. The quantitative estimate of drug-likeness (QED) is 0.848. The van der Waals surface area contributed by atoms with Gasteiger partial charge in [-0.1, -0.05) is 41.1 Å². The highest BCUT2D eigenvalue weighted by molar-refractivity contribution is 9.10. The second-order valence-electron chi connectivity index (χ2n) is 5.97. The van der Waals surface area contributed by atoms with Crippen LogP contribution in [0, 0.1) is 0 Å². The van der Waals surface area contributed by atoms with Crippen molar-refractivity contribution < 1.29 is 5.11 Å². The highest BCUT2D eigenvalue weighted by Crippen LogP contribution is 2.26. The van der Waals surface area contributed by atoms with Crippen LogP contribution in [0.4, 0.5) is 0 Å². The lowest BCUT2D eigenvalue weighted by Gasteiger charge is -2.36. The van der Waals surface area contributed by atoms with E-state index in [2.05, 4.69) is 39.7 Å². The Morgan fingerprint density at radius 1 is 1.33 bits per heavy atom. The van der Waals surface area contributed by atoms with E-state index < -0.39 is 6.10 Å². The van der Waals surface area contributed by atoms with Gasteiger partial charge in [0.25, 0.3) is 0 Å². The Morgan fingerprint density at radius 2 is 2.00 bits per heavy atom. The molecule has 0 radical (unpaired) electrons. The average Bonchev–Trinajstić information content (AvgIpc) is 2.52. The molecule has 2 rings (SSSR count). The van der Waals surface area contributed by atoms with Crippen molar-refractivity contribution in [3.63, 3.8) is 0 Å². The van der Waals surface area contributed by atoms with Crippen molar-refractivity contribution in [2.24, 2.45) is 0 Å². The number of aliphatic hydroxyl groups excluding tert-OH is 1. The van der Waals surface area contributed by atoms with Crippen molar-refractivity contribution in [2.45, 2.75) is 38.3 Å². The maximum absolute atomic E-state index is 10.4. The van der Waals surface area contributed by atoms with Crippen LogP contribution in [0.3, 0.4) is 0 Å².